The van der Waals surface area contributed by atoms with E-state index >= 15 is 0 Å². The zero-order valence-corrected chi connectivity index (χ0v) is 14.4. The summed E-state index contributed by atoms with van der Waals surface area (Å²) < 4.78 is 38.0. The molecule has 1 aliphatic rings. The predicted molar refractivity (Wildman–Crippen MR) is 92.8 cm³/mol. The van der Waals surface area contributed by atoms with Crippen molar-refractivity contribution in [3.8, 4) is 11.5 Å². The van der Waals surface area contributed by atoms with E-state index in [1.54, 1.807) is 7.11 Å². The van der Waals surface area contributed by atoms with Gasteiger partial charge in [-0.25, -0.2) is 13.1 Å². The Morgan fingerprint density at radius 3 is 2.75 bits per heavy atom. The third-order valence-electron chi connectivity index (χ3n) is 4.05. The number of methoxy groups -OCH3 is 1. The topological polar surface area (TPSA) is 64.6 Å². The van der Waals surface area contributed by atoms with Crippen molar-refractivity contribution in [1.82, 2.24) is 4.72 Å². The predicted octanol–water partition coefficient (Wildman–Crippen LogP) is 2.37. The lowest BCUT2D eigenvalue weighted by Crippen LogP contribution is -2.35. The van der Waals surface area contributed by atoms with Gasteiger partial charge in [0, 0.05) is 18.5 Å². The molecule has 2 aromatic rings. The van der Waals surface area contributed by atoms with Crippen molar-refractivity contribution >= 4 is 10.0 Å². The van der Waals surface area contributed by atoms with E-state index in [1.807, 2.05) is 48.5 Å². The summed E-state index contributed by atoms with van der Waals surface area (Å²) in [6.45, 7) is 0.870. The zero-order chi connectivity index (χ0) is 17.0. The third kappa shape index (κ3) is 4.27. The first-order valence-electron chi connectivity index (χ1n) is 7.87. The van der Waals surface area contributed by atoms with Crippen LogP contribution >= 0.6 is 0 Å². The minimum Gasteiger partial charge on any atom is -0.497 e. The Morgan fingerprint density at radius 2 is 2.00 bits per heavy atom. The van der Waals surface area contributed by atoms with Gasteiger partial charge in [0.15, 0.2) is 0 Å². The van der Waals surface area contributed by atoms with Crippen LogP contribution in [0.15, 0.2) is 48.5 Å². The molecule has 3 rings (SSSR count). The summed E-state index contributed by atoms with van der Waals surface area (Å²) in [5.74, 6) is 1.69. The van der Waals surface area contributed by atoms with Crippen LogP contribution in [-0.2, 0) is 22.2 Å². The first kappa shape index (κ1) is 16.8. The summed E-state index contributed by atoms with van der Waals surface area (Å²) in [6, 6.07) is 14.9. The fraction of sp³-hybridized carbons (Fsp3) is 0.333. The molecule has 0 aliphatic carbocycles. The second-order valence-electron chi connectivity index (χ2n) is 5.95. The largest absolute Gasteiger partial charge is 0.497 e. The van der Waals surface area contributed by atoms with Gasteiger partial charge in [-0.05, 0) is 23.6 Å². The molecule has 0 aromatic heterocycles. The van der Waals surface area contributed by atoms with Crippen molar-refractivity contribution < 1.29 is 17.9 Å². The van der Waals surface area contributed by atoms with Gasteiger partial charge in [-0.15, -0.1) is 0 Å². The molecule has 0 saturated heterocycles. The van der Waals surface area contributed by atoms with E-state index in [-0.39, 0.29) is 11.7 Å². The van der Waals surface area contributed by atoms with Crippen molar-refractivity contribution in [3.05, 3.63) is 59.7 Å². The van der Waals surface area contributed by atoms with Crippen molar-refractivity contribution in [2.24, 2.45) is 5.92 Å². The number of sulfonamides is 1. The Balaban J connectivity index is 1.57. The zero-order valence-electron chi connectivity index (χ0n) is 13.6. The molecular weight excluding hydrogens is 326 g/mol. The maximum atomic E-state index is 12.2. The minimum absolute atomic E-state index is 0.00476. The lowest BCUT2D eigenvalue weighted by atomic mass is 9.97. The van der Waals surface area contributed by atoms with Gasteiger partial charge in [-0.1, -0.05) is 36.4 Å². The fourth-order valence-electron chi connectivity index (χ4n) is 2.76. The molecule has 0 fully saturated rings. The summed E-state index contributed by atoms with van der Waals surface area (Å²) in [7, 11) is -1.73. The molecule has 24 heavy (non-hydrogen) atoms. The van der Waals surface area contributed by atoms with Crippen LogP contribution in [0.4, 0.5) is 0 Å². The molecule has 1 unspecified atom stereocenters. The fourth-order valence-corrected chi connectivity index (χ4v) is 3.99. The van der Waals surface area contributed by atoms with E-state index in [0.29, 0.717) is 13.2 Å². The van der Waals surface area contributed by atoms with Gasteiger partial charge in [-0.3, -0.25) is 0 Å². The molecule has 1 heterocycles. The highest BCUT2D eigenvalue weighted by Gasteiger charge is 2.22. The van der Waals surface area contributed by atoms with Gasteiger partial charge in [0.25, 0.3) is 0 Å². The highest BCUT2D eigenvalue weighted by Crippen LogP contribution is 2.30. The molecule has 6 heteroatoms. The molecule has 0 spiro atoms. The maximum absolute atomic E-state index is 12.2. The average Bonchev–Trinajstić information content (AvgIpc) is 2.60. The molecule has 5 nitrogen and oxygen atoms in total. The first-order valence-corrected chi connectivity index (χ1v) is 9.52. The van der Waals surface area contributed by atoms with E-state index in [1.165, 1.54) is 0 Å². The number of hydrogen-bond acceptors (Lipinski definition) is 4. The molecule has 1 N–H and O–H groups in total. The smallest absolute Gasteiger partial charge is 0.215 e. The second kappa shape index (κ2) is 7.23. The van der Waals surface area contributed by atoms with Crippen LogP contribution in [0.5, 0.6) is 11.5 Å². The van der Waals surface area contributed by atoms with Crippen molar-refractivity contribution in [2.45, 2.75) is 12.2 Å². The lowest BCUT2D eigenvalue weighted by molar-refractivity contribution is 0.222. The molecule has 0 bridgehead atoms. The summed E-state index contributed by atoms with van der Waals surface area (Å²) in [6.07, 6.45) is 0.785. The summed E-state index contributed by atoms with van der Waals surface area (Å²) in [5, 5.41) is 0. The van der Waals surface area contributed by atoms with Crippen LogP contribution < -0.4 is 14.2 Å². The number of benzene rings is 2. The van der Waals surface area contributed by atoms with Crippen molar-refractivity contribution in [1.29, 1.82) is 0 Å². The van der Waals surface area contributed by atoms with E-state index in [4.69, 9.17) is 9.47 Å². The van der Waals surface area contributed by atoms with Crippen LogP contribution in [0, 0.1) is 5.92 Å². The number of nitrogens with one attached hydrogen (secondary N) is 1. The molecule has 1 atom stereocenters. The van der Waals surface area contributed by atoms with E-state index < -0.39 is 10.0 Å². The Labute approximate surface area is 142 Å². The summed E-state index contributed by atoms with van der Waals surface area (Å²) in [5.41, 5.74) is 1.86. The number of ether oxygens (including phenoxy) is 2. The highest BCUT2D eigenvalue weighted by atomic mass is 32.2. The van der Waals surface area contributed by atoms with Gasteiger partial charge in [0.05, 0.1) is 19.5 Å². The standard InChI is InChI=1S/C18H21NO4S/c1-22-17-8-7-16-9-15(12-23-18(16)10-17)11-19-24(20,21)13-14-5-3-2-4-6-14/h2-8,10,15,19H,9,11-13H2,1H3. The van der Waals surface area contributed by atoms with Gasteiger partial charge < -0.3 is 9.47 Å². The normalized spacial score (nSPS) is 17.0. The van der Waals surface area contributed by atoms with Gasteiger partial charge in [0.2, 0.25) is 10.0 Å². The van der Waals surface area contributed by atoms with E-state index in [2.05, 4.69) is 4.72 Å². The molecule has 128 valence electrons. The van der Waals surface area contributed by atoms with Crippen LogP contribution in [0.1, 0.15) is 11.1 Å². The number of hydrogen-bond donors (Lipinski definition) is 1. The second-order valence-corrected chi connectivity index (χ2v) is 7.75. The molecule has 1 aliphatic heterocycles. The van der Waals surface area contributed by atoms with E-state index in [9.17, 15) is 8.42 Å². The van der Waals surface area contributed by atoms with E-state index in [0.717, 1.165) is 29.0 Å². The summed E-state index contributed by atoms with van der Waals surface area (Å²) in [4.78, 5) is 0. The first-order chi connectivity index (χ1) is 11.6. The van der Waals surface area contributed by atoms with Crippen LogP contribution in [0.2, 0.25) is 0 Å². The van der Waals surface area contributed by atoms with Crippen LogP contribution in [0.3, 0.4) is 0 Å². The molecule has 0 amide bonds. The van der Waals surface area contributed by atoms with Crippen LogP contribution in [0.25, 0.3) is 0 Å². The van der Waals surface area contributed by atoms with Gasteiger partial charge in [-0.2, -0.15) is 0 Å². The summed E-state index contributed by atoms with van der Waals surface area (Å²) >= 11 is 0. The molecule has 2 aromatic carbocycles. The molecule has 0 saturated carbocycles. The third-order valence-corrected chi connectivity index (χ3v) is 5.37. The Morgan fingerprint density at radius 1 is 1.21 bits per heavy atom. The molecular formula is C18H21NO4S. The van der Waals surface area contributed by atoms with Gasteiger partial charge >= 0.3 is 0 Å². The van der Waals surface area contributed by atoms with Crippen molar-refractivity contribution in [3.63, 3.8) is 0 Å². The number of rotatable bonds is 6. The monoisotopic (exact) mass is 347 g/mol. The number of fused-ring (bicyclic) bond motifs is 1. The molecule has 0 radical (unpaired) electrons. The van der Waals surface area contributed by atoms with Crippen molar-refractivity contribution in [2.75, 3.05) is 20.3 Å². The van der Waals surface area contributed by atoms with Crippen LogP contribution in [-0.4, -0.2) is 28.7 Å². The van der Waals surface area contributed by atoms with Gasteiger partial charge in [0.1, 0.15) is 11.5 Å². The Hall–Kier alpha value is -2.05. The lowest BCUT2D eigenvalue weighted by Gasteiger charge is -2.25. The Bertz CT molecular complexity index is 790. The minimum atomic E-state index is -3.35. The average molecular weight is 347 g/mol. The Kier molecular flexibility index (Phi) is 5.06. The maximum Gasteiger partial charge on any atom is 0.215 e. The highest BCUT2D eigenvalue weighted by molar-refractivity contribution is 7.88. The SMILES string of the molecule is COc1ccc2c(c1)OCC(CNS(=O)(=O)Cc1ccccc1)C2. The quantitative estimate of drug-likeness (QED) is 0.871.